The fourth-order valence-electron chi connectivity index (χ4n) is 13.3. The molecule has 0 radical (unpaired) electrons. The topological polar surface area (TPSA) is 19.6 Å². The van der Waals surface area contributed by atoms with Crippen molar-refractivity contribution < 1.29 is 4.42 Å². The zero-order chi connectivity index (χ0) is 44.6. The van der Waals surface area contributed by atoms with E-state index in [2.05, 4.69) is 190 Å². The van der Waals surface area contributed by atoms with Crippen molar-refractivity contribution in [3.05, 3.63) is 136 Å². The van der Waals surface area contributed by atoms with E-state index in [1.165, 1.54) is 113 Å². The first-order valence-electron chi connectivity index (χ1n) is 24.3. The number of hydrogen-bond acceptors (Lipinski definition) is 4. The van der Waals surface area contributed by atoms with Crippen LogP contribution >= 0.6 is 11.3 Å². The lowest BCUT2D eigenvalue weighted by atomic mass is 9.33. The largest absolute Gasteiger partial charge is 0.468 e. The molecule has 3 unspecified atom stereocenters. The number of allylic oxidation sites excluding steroid dienone is 4. The summed E-state index contributed by atoms with van der Waals surface area (Å²) in [5.41, 5.74) is 17.8. The maximum atomic E-state index is 7.51. The smallest absolute Gasteiger partial charge is 0.292 e. The summed E-state index contributed by atoms with van der Waals surface area (Å²) in [5.74, 6) is 0.961. The number of anilines is 3. The standard InChI is InChI=1S/C59H65BN2OS/c1-34-28-46-52-47(29-34)62(44-17-15-19-50-51(44)37-16-13-14-18-49(37)64-50)53-38-30-35(55(2,3)4)20-23-48(38)63-54(53)60(52)43-32-41-42(59(11,12)27-26-58(41,9)10)33-45(43)61(46)36-21-22-39-40(31-36)57(7,8)25-24-56(39,5)6/h13-23,28,30-33,39-40,47H,24-27,29H2,1-12H3. The second-order valence-corrected chi connectivity index (χ2v) is 25.5. The molecule has 0 amide bonds. The molecule has 6 aliphatic rings. The summed E-state index contributed by atoms with van der Waals surface area (Å²) < 4.78 is 10.2. The zero-order valence-corrected chi connectivity index (χ0v) is 41.1. The predicted molar refractivity (Wildman–Crippen MR) is 276 cm³/mol. The average molecular weight is 861 g/mol. The summed E-state index contributed by atoms with van der Waals surface area (Å²) in [6, 6.07) is 28.5. The Labute approximate surface area is 386 Å². The van der Waals surface area contributed by atoms with E-state index in [4.69, 9.17) is 4.42 Å². The van der Waals surface area contributed by atoms with Crippen LogP contribution in [0.1, 0.15) is 132 Å². The molecule has 2 aromatic heterocycles. The van der Waals surface area contributed by atoms with Gasteiger partial charge in [0.05, 0.1) is 23.1 Å². The zero-order valence-electron chi connectivity index (χ0n) is 40.3. The van der Waals surface area contributed by atoms with Gasteiger partial charge in [0.2, 0.25) is 0 Å². The first kappa shape index (κ1) is 40.8. The molecule has 1 saturated carbocycles. The van der Waals surface area contributed by atoms with Gasteiger partial charge in [-0.25, -0.2) is 0 Å². The molecule has 3 nitrogen and oxygen atoms in total. The molecule has 64 heavy (non-hydrogen) atoms. The van der Waals surface area contributed by atoms with Crippen molar-refractivity contribution in [2.24, 2.45) is 22.7 Å². The molecular formula is C59H65BN2OS. The van der Waals surface area contributed by atoms with E-state index in [1.807, 2.05) is 11.3 Å². The van der Waals surface area contributed by atoms with Crippen LogP contribution in [-0.4, -0.2) is 12.8 Å². The molecule has 12 rings (SSSR count). The highest BCUT2D eigenvalue weighted by Crippen LogP contribution is 2.58. The van der Waals surface area contributed by atoms with Crippen molar-refractivity contribution in [2.45, 2.75) is 137 Å². The van der Waals surface area contributed by atoms with Crippen LogP contribution in [0.2, 0.25) is 0 Å². The molecule has 326 valence electrons. The van der Waals surface area contributed by atoms with Crippen molar-refractivity contribution in [1.82, 2.24) is 0 Å². The first-order chi connectivity index (χ1) is 30.2. The summed E-state index contributed by atoms with van der Waals surface area (Å²) >= 11 is 1.91. The minimum absolute atomic E-state index is 0.0123. The molecule has 0 saturated heterocycles. The highest BCUT2D eigenvalue weighted by molar-refractivity contribution is 7.26. The van der Waals surface area contributed by atoms with Crippen LogP contribution in [0.3, 0.4) is 0 Å². The minimum Gasteiger partial charge on any atom is -0.468 e. The number of furan rings is 1. The van der Waals surface area contributed by atoms with Crippen molar-refractivity contribution in [2.75, 3.05) is 9.80 Å². The Morgan fingerprint density at radius 2 is 1.44 bits per heavy atom. The lowest BCUT2D eigenvalue weighted by Gasteiger charge is -2.53. The molecule has 2 aliphatic heterocycles. The summed E-state index contributed by atoms with van der Waals surface area (Å²) in [5, 5.41) is 3.90. The Morgan fingerprint density at radius 1 is 0.734 bits per heavy atom. The molecule has 3 atom stereocenters. The van der Waals surface area contributed by atoms with E-state index in [-0.39, 0.29) is 39.8 Å². The number of hydrogen-bond donors (Lipinski definition) is 0. The number of thiophene rings is 1. The maximum absolute atomic E-state index is 7.51. The van der Waals surface area contributed by atoms with Gasteiger partial charge < -0.3 is 14.2 Å². The van der Waals surface area contributed by atoms with E-state index in [0.717, 1.165) is 17.7 Å². The third kappa shape index (κ3) is 5.70. The Bertz CT molecular complexity index is 3130. The average Bonchev–Trinajstić information content (AvgIpc) is 3.82. The van der Waals surface area contributed by atoms with Crippen LogP contribution in [0.4, 0.5) is 17.1 Å². The molecule has 4 heterocycles. The Hall–Kier alpha value is -4.74. The molecule has 1 fully saturated rings. The van der Waals surface area contributed by atoms with Gasteiger partial charge >= 0.3 is 0 Å². The van der Waals surface area contributed by atoms with Gasteiger partial charge in [-0.05, 0) is 154 Å². The first-order valence-corrected chi connectivity index (χ1v) is 25.1. The van der Waals surface area contributed by atoms with Crippen molar-refractivity contribution >= 4 is 77.4 Å². The van der Waals surface area contributed by atoms with Crippen molar-refractivity contribution in [3.63, 3.8) is 0 Å². The predicted octanol–water partition coefficient (Wildman–Crippen LogP) is 15.1. The fraction of sp³-hybridized carbons (Fsp3) is 0.424. The Kier molecular flexibility index (Phi) is 8.41. The van der Waals surface area contributed by atoms with Gasteiger partial charge in [0.15, 0.2) is 0 Å². The van der Waals surface area contributed by atoms with E-state index < -0.39 is 0 Å². The quantitative estimate of drug-likeness (QED) is 0.162. The lowest BCUT2D eigenvalue weighted by molar-refractivity contribution is 0.0326. The van der Waals surface area contributed by atoms with E-state index in [1.54, 1.807) is 0 Å². The fourth-order valence-corrected chi connectivity index (χ4v) is 14.4. The number of nitrogens with zero attached hydrogens (tertiary/aromatic N) is 2. The second-order valence-electron chi connectivity index (χ2n) is 24.4. The van der Waals surface area contributed by atoms with Gasteiger partial charge in [-0.15, -0.1) is 11.3 Å². The van der Waals surface area contributed by atoms with Gasteiger partial charge in [0, 0.05) is 42.6 Å². The molecular weight excluding hydrogens is 796 g/mol. The van der Waals surface area contributed by atoms with Crippen LogP contribution in [0.5, 0.6) is 0 Å². The molecule has 4 aliphatic carbocycles. The van der Waals surface area contributed by atoms with Gasteiger partial charge in [0.1, 0.15) is 5.58 Å². The molecule has 6 aromatic rings. The van der Waals surface area contributed by atoms with Crippen LogP contribution in [0.15, 0.2) is 124 Å². The minimum atomic E-state index is -0.0251. The van der Waals surface area contributed by atoms with Gasteiger partial charge in [0.25, 0.3) is 6.71 Å². The monoisotopic (exact) mass is 860 g/mol. The molecule has 4 aromatic carbocycles. The summed E-state index contributed by atoms with van der Waals surface area (Å²) in [6.07, 6.45) is 16.2. The second kappa shape index (κ2) is 13.2. The summed E-state index contributed by atoms with van der Waals surface area (Å²) in [7, 11) is 0. The summed E-state index contributed by atoms with van der Waals surface area (Å²) in [4.78, 5) is 5.50. The van der Waals surface area contributed by atoms with E-state index in [9.17, 15) is 0 Å². The lowest BCUT2D eigenvalue weighted by Crippen LogP contribution is -2.61. The van der Waals surface area contributed by atoms with Crippen LogP contribution < -0.4 is 20.9 Å². The van der Waals surface area contributed by atoms with Gasteiger partial charge in [-0.2, -0.15) is 0 Å². The molecule has 0 bridgehead atoms. The van der Waals surface area contributed by atoms with Crippen LogP contribution in [0, 0.1) is 22.7 Å². The van der Waals surface area contributed by atoms with E-state index >= 15 is 0 Å². The van der Waals surface area contributed by atoms with Crippen molar-refractivity contribution in [3.8, 4) is 0 Å². The van der Waals surface area contributed by atoms with Crippen LogP contribution in [-0.2, 0) is 16.2 Å². The van der Waals surface area contributed by atoms with Crippen LogP contribution in [0.25, 0.3) is 31.1 Å². The van der Waals surface area contributed by atoms with Gasteiger partial charge in [-0.1, -0.05) is 130 Å². The number of fused-ring (bicyclic) bond motifs is 11. The van der Waals surface area contributed by atoms with Gasteiger partial charge in [-0.3, -0.25) is 0 Å². The Balaban J connectivity index is 1.20. The molecule has 0 spiro atoms. The third-order valence-corrected chi connectivity index (χ3v) is 18.5. The number of rotatable bonds is 2. The van der Waals surface area contributed by atoms with Crippen molar-refractivity contribution in [1.29, 1.82) is 0 Å². The normalized spacial score (nSPS) is 24.9. The Morgan fingerprint density at radius 3 is 2.19 bits per heavy atom. The number of benzene rings is 4. The molecule has 0 N–H and O–H groups in total. The highest BCUT2D eigenvalue weighted by atomic mass is 32.1. The third-order valence-electron chi connectivity index (χ3n) is 17.4. The summed E-state index contributed by atoms with van der Waals surface area (Å²) in [6.45, 7) is 29.4. The SMILES string of the molecule is CC1=CC2=C3B(c4cc5c(cc4N2C2=CC4C(C=C2)C(C)(C)CCC4(C)C)C(C)(C)CCC5(C)C)c2oc4ccc(C(C)(C)C)cc4c2N(c2cccc4sc5ccccc5c24)C3C1. The highest BCUT2D eigenvalue weighted by Gasteiger charge is 2.54. The molecule has 5 heteroatoms. The maximum Gasteiger partial charge on any atom is 0.292 e. The van der Waals surface area contributed by atoms with E-state index in [0.29, 0.717) is 11.8 Å².